The molecular formula is C22H26N4O3. The van der Waals surface area contributed by atoms with Crippen molar-refractivity contribution in [1.29, 1.82) is 0 Å². The van der Waals surface area contributed by atoms with E-state index in [0.717, 1.165) is 42.9 Å². The van der Waals surface area contributed by atoms with Crippen molar-refractivity contribution in [2.75, 3.05) is 25.1 Å². The highest BCUT2D eigenvalue weighted by atomic mass is 16.5. The van der Waals surface area contributed by atoms with Gasteiger partial charge in [-0.2, -0.15) is 0 Å². The van der Waals surface area contributed by atoms with Crippen LogP contribution in [0.2, 0.25) is 0 Å². The minimum atomic E-state index is -0.161. The lowest BCUT2D eigenvalue weighted by Gasteiger charge is -2.23. The first-order valence-electron chi connectivity index (χ1n) is 10.1. The number of ether oxygens (including phenoxy) is 1. The summed E-state index contributed by atoms with van der Waals surface area (Å²) in [5.41, 5.74) is 3.14. The zero-order valence-corrected chi connectivity index (χ0v) is 16.6. The second-order valence-electron chi connectivity index (χ2n) is 7.41. The van der Waals surface area contributed by atoms with Crippen molar-refractivity contribution in [3.63, 3.8) is 0 Å². The minimum Gasteiger partial charge on any atom is -0.396 e. The van der Waals surface area contributed by atoms with E-state index in [4.69, 9.17) is 4.74 Å². The monoisotopic (exact) mass is 394 g/mol. The summed E-state index contributed by atoms with van der Waals surface area (Å²) in [5, 5.41) is 13.4. The number of nitrogens with one attached hydrogen (secondary N) is 1. The van der Waals surface area contributed by atoms with Gasteiger partial charge in [0.1, 0.15) is 5.52 Å². The predicted molar refractivity (Wildman–Crippen MR) is 113 cm³/mol. The van der Waals surface area contributed by atoms with E-state index in [9.17, 15) is 9.90 Å². The van der Waals surface area contributed by atoms with Crippen LogP contribution in [-0.4, -0.2) is 45.5 Å². The topological polar surface area (TPSA) is 89.3 Å². The van der Waals surface area contributed by atoms with Crippen molar-refractivity contribution in [3.05, 3.63) is 52.4 Å². The molecule has 0 aliphatic carbocycles. The number of aliphatic hydroxyl groups excluding tert-OH is 1. The van der Waals surface area contributed by atoms with E-state index < -0.39 is 0 Å². The molecule has 0 saturated carbocycles. The number of aryl methyl sites for hydroxylation is 1. The van der Waals surface area contributed by atoms with Crippen molar-refractivity contribution < 1.29 is 9.84 Å². The molecule has 152 valence electrons. The number of nitrogens with zero attached hydrogens (tertiary/aromatic N) is 3. The maximum absolute atomic E-state index is 13.3. The number of hydrogen-bond donors (Lipinski definition) is 2. The number of rotatable bonds is 6. The van der Waals surface area contributed by atoms with Crippen molar-refractivity contribution in [3.8, 4) is 11.3 Å². The molecular weight excluding hydrogens is 368 g/mol. The molecule has 1 aliphatic heterocycles. The summed E-state index contributed by atoms with van der Waals surface area (Å²) >= 11 is 0. The van der Waals surface area contributed by atoms with Gasteiger partial charge in [-0.1, -0.05) is 24.3 Å². The maximum atomic E-state index is 13.3. The van der Waals surface area contributed by atoms with Crippen LogP contribution < -0.4 is 10.9 Å². The number of hydrogen-bond acceptors (Lipinski definition) is 6. The van der Waals surface area contributed by atoms with E-state index in [-0.39, 0.29) is 18.2 Å². The van der Waals surface area contributed by atoms with Crippen LogP contribution in [0.3, 0.4) is 0 Å². The summed E-state index contributed by atoms with van der Waals surface area (Å²) in [6.45, 7) is 3.93. The number of fused-ring (bicyclic) bond motifs is 1. The van der Waals surface area contributed by atoms with E-state index in [1.165, 1.54) is 0 Å². The quantitative estimate of drug-likeness (QED) is 0.668. The van der Waals surface area contributed by atoms with Gasteiger partial charge in [0, 0.05) is 49.6 Å². The number of benzene rings is 1. The van der Waals surface area contributed by atoms with Crippen LogP contribution in [-0.2, 0) is 11.3 Å². The molecule has 2 N–H and O–H groups in total. The van der Waals surface area contributed by atoms with E-state index >= 15 is 0 Å². The van der Waals surface area contributed by atoms with Gasteiger partial charge in [0.25, 0.3) is 5.56 Å². The first kappa shape index (κ1) is 19.5. The van der Waals surface area contributed by atoms with Crippen LogP contribution in [0.1, 0.15) is 24.8 Å². The standard InChI is InChI=1S/C22H26N4O3/c1-15-5-2-3-6-18(15)19-13-16-14-23-22(24-17-7-11-29-12-8-17)25-20(16)21(28)26(19)9-4-10-27/h2-3,5-6,13-14,17,27H,4,7-12H2,1H3,(H,23,24,25). The molecule has 0 amide bonds. The van der Waals surface area contributed by atoms with Gasteiger partial charge in [0.05, 0.1) is 5.69 Å². The number of anilines is 1. The Morgan fingerprint density at radius 1 is 1.28 bits per heavy atom. The molecule has 4 rings (SSSR count). The van der Waals surface area contributed by atoms with Crippen LogP contribution >= 0.6 is 0 Å². The molecule has 7 heteroatoms. The van der Waals surface area contributed by atoms with Gasteiger partial charge in [-0.15, -0.1) is 0 Å². The lowest BCUT2D eigenvalue weighted by molar-refractivity contribution is 0.0903. The molecule has 3 aromatic rings. The summed E-state index contributed by atoms with van der Waals surface area (Å²) in [7, 11) is 0. The second kappa shape index (κ2) is 8.71. The Hall–Kier alpha value is -2.77. The summed E-state index contributed by atoms with van der Waals surface area (Å²) in [6, 6.07) is 10.2. The fraction of sp³-hybridized carbons (Fsp3) is 0.409. The van der Waals surface area contributed by atoms with Crippen molar-refractivity contribution >= 4 is 16.9 Å². The first-order chi connectivity index (χ1) is 14.2. The van der Waals surface area contributed by atoms with Gasteiger partial charge in [-0.25, -0.2) is 9.97 Å². The van der Waals surface area contributed by atoms with Gasteiger partial charge < -0.3 is 19.7 Å². The van der Waals surface area contributed by atoms with Crippen LogP contribution in [0.5, 0.6) is 0 Å². The van der Waals surface area contributed by atoms with Crippen molar-refractivity contribution in [2.24, 2.45) is 0 Å². The fourth-order valence-corrected chi connectivity index (χ4v) is 3.76. The fourth-order valence-electron chi connectivity index (χ4n) is 3.76. The Morgan fingerprint density at radius 3 is 2.83 bits per heavy atom. The SMILES string of the molecule is Cc1ccccc1-c1cc2cnc(NC3CCOCC3)nc2c(=O)n1CCCO. The van der Waals surface area contributed by atoms with Crippen LogP contribution in [0, 0.1) is 6.92 Å². The van der Waals surface area contributed by atoms with Gasteiger partial charge in [-0.05, 0) is 37.8 Å². The summed E-state index contributed by atoms with van der Waals surface area (Å²) in [6.07, 6.45) is 4.01. The van der Waals surface area contributed by atoms with Gasteiger partial charge >= 0.3 is 0 Å². The highest BCUT2D eigenvalue weighted by Gasteiger charge is 2.17. The molecule has 2 aromatic heterocycles. The van der Waals surface area contributed by atoms with Crippen molar-refractivity contribution in [2.45, 2.75) is 38.8 Å². The number of aromatic nitrogens is 3. The highest BCUT2D eigenvalue weighted by molar-refractivity contribution is 5.83. The average Bonchev–Trinajstić information content (AvgIpc) is 2.74. The molecule has 1 saturated heterocycles. The Kier molecular flexibility index (Phi) is 5.87. The van der Waals surface area contributed by atoms with Crippen molar-refractivity contribution in [1.82, 2.24) is 14.5 Å². The van der Waals surface area contributed by atoms with E-state index in [1.807, 2.05) is 37.3 Å². The summed E-state index contributed by atoms with van der Waals surface area (Å²) < 4.78 is 7.10. The Morgan fingerprint density at radius 2 is 2.07 bits per heavy atom. The third-order valence-corrected chi connectivity index (χ3v) is 5.36. The molecule has 0 radical (unpaired) electrons. The zero-order valence-electron chi connectivity index (χ0n) is 16.6. The Bertz CT molecular complexity index is 1060. The molecule has 0 bridgehead atoms. The Balaban J connectivity index is 1.79. The van der Waals surface area contributed by atoms with Gasteiger partial charge in [0.15, 0.2) is 0 Å². The lowest BCUT2D eigenvalue weighted by Crippen LogP contribution is -2.29. The van der Waals surface area contributed by atoms with E-state index in [0.29, 0.717) is 29.8 Å². The minimum absolute atomic E-state index is 0.0258. The summed E-state index contributed by atoms with van der Waals surface area (Å²) in [4.78, 5) is 22.3. The van der Waals surface area contributed by atoms with Crippen LogP contribution in [0.4, 0.5) is 5.95 Å². The molecule has 7 nitrogen and oxygen atoms in total. The molecule has 29 heavy (non-hydrogen) atoms. The van der Waals surface area contributed by atoms with Crippen LogP contribution in [0.25, 0.3) is 22.2 Å². The largest absolute Gasteiger partial charge is 0.396 e. The molecule has 1 fully saturated rings. The van der Waals surface area contributed by atoms with Gasteiger partial charge in [-0.3, -0.25) is 4.79 Å². The number of pyridine rings is 1. The smallest absolute Gasteiger partial charge is 0.277 e. The maximum Gasteiger partial charge on any atom is 0.277 e. The molecule has 3 heterocycles. The summed E-state index contributed by atoms with van der Waals surface area (Å²) in [5.74, 6) is 0.471. The molecule has 0 unspecified atom stereocenters. The van der Waals surface area contributed by atoms with E-state index in [1.54, 1.807) is 10.8 Å². The molecule has 0 spiro atoms. The second-order valence-corrected chi connectivity index (χ2v) is 7.41. The number of aliphatic hydroxyl groups is 1. The predicted octanol–water partition coefficient (Wildman–Crippen LogP) is 2.74. The van der Waals surface area contributed by atoms with Gasteiger partial charge in [0.2, 0.25) is 5.95 Å². The first-order valence-corrected chi connectivity index (χ1v) is 10.1. The van der Waals surface area contributed by atoms with Crippen LogP contribution in [0.15, 0.2) is 41.3 Å². The lowest BCUT2D eigenvalue weighted by atomic mass is 10.0. The molecule has 1 aliphatic rings. The highest BCUT2D eigenvalue weighted by Crippen LogP contribution is 2.25. The zero-order chi connectivity index (χ0) is 20.2. The van der Waals surface area contributed by atoms with E-state index in [2.05, 4.69) is 15.3 Å². The average molecular weight is 394 g/mol. The molecule has 0 atom stereocenters. The Labute approximate surface area is 169 Å². The molecule has 1 aromatic carbocycles. The third-order valence-electron chi connectivity index (χ3n) is 5.36. The normalized spacial score (nSPS) is 15.0. The third kappa shape index (κ3) is 4.16.